The molecule has 4 rings (SSSR count). The number of hydrogen-bond acceptors (Lipinski definition) is 5. The zero-order valence-corrected chi connectivity index (χ0v) is 17.6. The Morgan fingerprint density at radius 2 is 1.85 bits per heavy atom. The van der Waals surface area contributed by atoms with E-state index in [4.69, 9.17) is 4.98 Å². The maximum Gasteiger partial charge on any atom is 0.263 e. The molecule has 0 spiro atoms. The number of aryl methyl sites for hydroxylation is 2. The minimum absolute atomic E-state index is 0.0756. The Balaban J connectivity index is 1.59. The van der Waals surface area contributed by atoms with Crippen molar-refractivity contribution in [1.82, 2.24) is 14.5 Å². The number of aromatic nitrogens is 2. The molecule has 146 valence electrons. The molecule has 3 heterocycles. The molecule has 0 aromatic carbocycles. The van der Waals surface area contributed by atoms with Gasteiger partial charge in [0.05, 0.1) is 11.1 Å². The number of rotatable bonds is 4. The van der Waals surface area contributed by atoms with Crippen LogP contribution in [0.25, 0.3) is 10.2 Å². The van der Waals surface area contributed by atoms with E-state index in [0.29, 0.717) is 17.5 Å². The normalized spacial score (nSPS) is 17.7. The Morgan fingerprint density at radius 3 is 2.59 bits per heavy atom. The lowest BCUT2D eigenvalue weighted by Gasteiger charge is -2.20. The average molecular weight is 406 g/mol. The number of fused-ring (bicyclic) bond motifs is 3. The van der Waals surface area contributed by atoms with Crippen molar-refractivity contribution in [2.45, 2.75) is 70.0 Å². The Kier molecular flexibility index (Phi) is 5.88. The summed E-state index contributed by atoms with van der Waals surface area (Å²) in [5.41, 5.74) is 1.31. The molecule has 2 aliphatic rings. The molecular weight excluding hydrogens is 378 g/mol. The lowest BCUT2D eigenvalue weighted by Crippen LogP contribution is -2.33. The van der Waals surface area contributed by atoms with Crippen molar-refractivity contribution in [1.29, 1.82) is 0 Å². The third-order valence-electron chi connectivity index (χ3n) is 5.64. The molecule has 1 saturated heterocycles. The average Bonchev–Trinajstić information content (AvgIpc) is 2.85. The lowest BCUT2D eigenvalue weighted by atomic mass is 9.97. The standard InChI is InChI=1S/C20H27N3O2S2/c1-2-23-19(25)17-14-9-5-6-10-15(14)27-18(17)21-20(23)26-13-16(24)22-11-7-3-4-8-12-22/h2-13H2,1H3. The number of nitrogens with zero attached hydrogens (tertiary/aromatic N) is 3. The molecule has 1 aliphatic heterocycles. The molecule has 0 unspecified atom stereocenters. The lowest BCUT2D eigenvalue weighted by molar-refractivity contribution is -0.128. The van der Waals surface area contributed by atoms with Crippen LogP contribution in [-0.2, 0) is 24.2 Å². The highest BCUT2D eigenvalue weighted by Crippen LogP contribution is 2.34. The quantitative estimate of drug-likeness (QED) is 0.573. The summed E-state index contributed by atoms with van der Waals surface area (Å²) in [6.45, 7) is 4.30. The summed E-state index contributed by atoms with van der Waals surface area (Å²) in [7, 11) is 0. The minimum atomic E-state index is 0.0756. The van der Waals surface area contributed by atoms with Crippen molar-refractivity contribution < 1.29 is 4.79 Å². The van der Waals surface area contributed by atoms with Crippen LogP contribution in [0.2, 0.25) is 0 Å². The summed E-state index contributed by atoms with van der Waals surface area (Å²) < 4.78 is 1.75. The SMILES string of the molecule is CCn1c(SCC(=O)N2CCCCCC2)nc2sc3c(c2c1=O)CCCC3. The van der Waals surface area contributed by atoms with Gasteiger partial charge in [-0.25, -0.2) is 4.98 Å². The van der Waals surface area contributed by atoms with Gasteiger partial charge in [0, 0.05) is 24.5 Å². The molecule has 1 fully saturated rings. The summed E-state index contributed by atoms with van der Waals surface area (Å²) in [6, 6.07) is 0. The Hall–Kier alpha value is -1.34. The maximum atomic E-state index is 13.1. The third kappa shape index (κ3) is 3.81. The molecule has 1 amide bonds. The molecule has 0 N–H and O–H groups in total. The fraction of sp³-hybridized carbons (Fsp3) is 0.650. The Bertz CT molecular complexity index is 895. The van der Waals surface area contributed by atoms with Crippen LogP contribution in [0.15, 0.2) is 9.95 Å². The van der Waals surface area contributed by atoms with Crippen molar-refractivity contribution >= 4 is 39.2 Å². The zero-order valence-electron chi connectivity index (χ0n) is 16.0. The number of carbonyl (C=O) groups is 1. The van der Waals surface area contributed by atoms with E-state index in [1.54, 1.807) is 15.9 Å². The molecule has 27 heavy (non-hydrogen) atoms. The van der Waals surface area contributed by atoms with Gasteiger partial charge in [-0.2, -0.15) is 0 Å². The molecule has 2 aromatic heterocycles. The van der Waals surface area contributed by atoms with E-state index in [2.05, 4.69) is 0 Å². The van der Waals surface area contributed by atoms with Crippen LogP contribution in [0.1, 0.15) is 55.9 Å². The van der Waals surface area contributed by atoms with Crippen molar-refractivity contribution in [2.24, 2.45) is 0 Å². The molecule has 0 saturated carbocycles. The van der Waals surface area contributed by atoms with Crippen LogP contribution in [0.5, 0.6) is 0 Å². The van der Waals surface area contributed by atoms with Crippen molar-refractivity contribution in [3.8, 4) is 0 Å². The molecule has 0 bridgehead atoms. The molecular formula is C20H27N3O2S2. The summed E-state index contributed by atoms with van der Waals surface area (Å²) >= 11 is 3.10. The largest absolute Gasteiger partial charge is 0.342 e. The smallest absolute Gasteiger partial charge is 0.263 e. The van der Waals surface area contributed by atoms with Crippen molar-refractivity contribution in [2.75, 3.05) is 18.8 Å². The predicted molar refractivity (Wildman–Crippen MR) is 112 cm³/mol. The molecule has 5 nitrogen and oxygen atoms in total. The van der Waals surface area contributed by atoms with E-state index >= 15 is 0 Å². The van der Waals surface area contributed by atoms with Crippen LogP contribution in [0.3, 0.4) is 0 Å². The van der Waals surface area contributed by atoms with E-state index in [-0.39, 0.29) is 11.5 Å². The summed E-state index contributed by atoms with van der Waals surface area (Å²) in [4.78, 5) is 34.8. The Morgan fingerprint density at radius 1 is 1.11 bits per heavy atom. The van der Waals surface area contributed by atoms with Crippen LogP contribution in [0, 0.1) is 0 Å². The number of thioether (sulfide) groups is 1. The van der Waals surface area contributed by atoms with Gasteiger partial charge in [-0.15, -0.1) is 11.3 Å². The third-order valence-corrected chi connectivity index (χ3v) is 7.79. The fourth-order valence-electron chi connectivity index (χ4n) is 4.15. The van der Waals surface area contributed by atoms with Crippen LogP contribution in [0.4, 0.5) is 0 Å². The highest BCUT2D eigenvalue weighted by molar-refractivity contribution is 7.99. The van der Waals surface area contributed by atoms with Crippen LogP contribution >= 0.6 is 23.1 Å². The number of likely N-dealkylation sites (tertiary alicyclic amines) is 1. The second-order valence-electron chi connectivity index (χ2n) is 7.42. The maximum absolute atomic E-state index is 13.1. The van der Waals surface area contributed by atoms with E-state index < -0.39 is 0 Å². The minimum Gasteiger partial charge on any atom is -0.342 e. The summed E-state index contributed by atoms with van der Waals surface area (Å²) in [5.74, 6) is 0.535. The van der Waals surface area contributed by atoms with Gasteiger partial charge in [0.1, 0.15) is 4.83 Å². The van der Waals surface area contributed by atoms with Gasteiger partial charge in [-0.05, 0) is 51.0 Å². The second kappa shape index (κ2) is 8.35. The monoisotopic (exact) mass is 405 g/mol. The predicted octanol–water partition coefficient (Wildman–Crippen LogP) is 3.85. The zero-order chi connectivity index (χ0) is 18.8. The van der Waals surface area contributed by atoms with Gasteiger partial charge in [0.15, 0.2) is 5.16 Å². The molecule has 0 radical (unpaired) electrons. The number of hydrogen-bond donors (Lipinski definition) is 0. The number of carbonyl (C=O) groups excluding carboxylic acids is 1. The van der Waals surface area contributed by atoms with E-state index in [1.807, 2.05) is 11.8 Å². The highest BCUT2D eigenvalue weighted by Gasteiger charge is 2.23. The van der Waals surface area contributed by atoms with Crippen LogP contribution in [-0.4, -0.2) is 39.2 Å². The fourth-order valence-corrected chi connectivity index (χ4v) is 6.41. The van der Waals surface area contributed by atoms with E-state index in [0.717, 1.165) is 55.4 Å². The van der Waals surface area contributed by atoms with E-state index in [1.165, 1.54) is 41.5 Å². The molecule has 1 aliphatic carbocycles. The van der Waals surface area contributed by atoms with Gasteiger partial charge in [-0.1, -0.05) is 24.6 Å². The van der Waals surface area contributed by atoms with E-state index in [9.17, 15) is 9.59 Å². The van der Waals surface area contributed by atoms with Crippen LogP contribution < -0.4 is 5.56 Å². The van der Waals surface area contributed by atoms with Crippen molar-refractivity contribution in [3.63, 3.8) is 0 Å². The van der Waals surface area contributed by atoms with Crippen molar-refractivity contribution in [3.05, 3.63) is 20.8 Å². The van der Waals surface area contributed by atoms with Gasteiger partial charge in [0.25, 0.3) is 5.56 Å². The first-order chi connectivity index (χ1) is 13.2. The van der Waals surface area contributed by atoms with Gasteiger partial charge in [0.2, 0.25) is 5.91 Å². The van der Waals surface area contributed by atoms with Gasteiger partial charge < -0.3 is 4.90 Å². The Labute approximate surface area is 168 Å². The summed E-state index contributed by atoms with van der Waals surface area (Å²) in [6.07, 6.45) is 9.05. The summed E-state index contributed by atoms with van der Waals surface area (Å²) in [5, 5.41) is 1.52. The van der Waals surface area contributed by atoms with Gasteiger partial charge >= 0.3 is 0 Å². The van der Waals surface area contributed by atoms with Gasteiger partial charge in [-0.3, -0.25) is 14.2 Å². The highest BCUT2D eigenvalue weighted by atomic mass is 32.2. The first-order valence-electron chi connectivity index (χ1n) is 10.1. The first-order valence-corrected chi connectivity index (χ1v) is 11.9. The molecule has 7 heteroatoms. The molecule has 2 aromatic rings. The first kappa shape index (κ1) is 19.0. The second-order valence-corrected chi connectivity index (χ2v) is 9.44. The number of thiophene rings is 1. The topological polar surface area (TPSA) is 55.2 Å². The molecule has 0 atom stereocenters. The number of amides is 1.